The summed E-state index contributed by atoms with van der Waals surface area (Å²) in [6, 6.07) is 3.87. The first kappa shape index (κ1) is 15.4. The van der Waals surface area contributed by atoms with E-state index in [0.717, 1.165) is 30.3 Å². The van der Waals surface area contributed by atoms with Gasteiger partial charge in [-0.1, -0.05) is 0 Å². The Morgan fingerprint density at radius 3 is 2.18 bits per heavy atom. The van der Waals surface area contributed by atoms with E-state index in [9.17, 15) is 27.6 Å². The van der Waals surface area contributed by atoms with Crippen LogP contribution in [-0.2, 0) is 6.18 Å². The minimum Gasteiger partial charge on any atom is -0.308 e. The zero-order valence-electron chi connectivity index (χ0n) is 10.7. The highest BCUT2D eigenvalue weighted by molar-refractivity contribution is 5.99. The minimum atomic E-state index is -4.47. The molecule has 2 rings (SSSR count). The maximum atomic E-state index is 12.4. The monoisotopic (exact) mass is 314 g/mol. The van der Waals surface area contributed by atoms with Crippen molar-refractivity contribution in [3.05, 3.63) is 56.7 Å². The molecule has 0 aliphatic carbocycles. The summed E-state index contributed by atoms with van der Waals surface area (Å²) >= 11 is 0. The molecule has 0 aliphatic rings. The first-order valence-electron chi connectivity index (χ1n) is 5.83. The van der Waals surface area contributed by atoms with Crippen LogP contribution in [0.2, 0.25) is 0 Å². The molecule has 1 aromatic carbocycles. The number of urea groups is 1. The van der Waals surface area contributed by atoms with Gasteiger partial charge in [0.1, 0.15) is 5.82 Å². The molecule has 0 saturated heterocycles. The second-order valence-corrected chi connectivity index (χ2v) is 4.16. The topological polar surface area (TPSA) is 107 Å². The van der Waals surface area contributed by atoms with E-state index in [-0.39, 0.29) is 11.5 Å². The summed E-state index contributed by atoms with van der Waals surface area (Å²) < 4.78 is 37.1. The van der Waals surface area contributed by atoms with Crippen LogP contribution in [0, 0.1) is 0 Å². The number of amides is 2. The van der Waals surface area contributed by atoms with Crippen molar-refractivity contribution in [2.75, 3.05) is 10.6 Å². The molecule has 10 heteroatoms. The van der Waals surface area contributed by atoms with E-state index in [1.54, 1.807) is 0 Å². The number of H-pyrrole nitrogens is 2. The Morgan fingerprint density at radius 2 is 1.64 bits per heavy atom. The molecule has 116 valence electrons. The summed E-state index contributed by atoms with van der Waals surface area (Å²) in [4.78, 5) is 37.7. The van der Waals surface area contributed by atoms with Gasteiger partial charge in [0, 0.05) is 11.8 Å². The molecule has 1 aromatic heterocycles. The molecule has 2 aromatic rings. The minimum absolute atomic E-state index is 0.109. The fourth-order valence-electron chi connectivity index (χ4n) is 1.56. The molecule has 0 saturated carbocycles. The van der Waals surface area contributed by atoms with Gasteiger partial charge < -0.3 is 5.32 Å². The zero-order valence-corrected chi connectivity index (χ0v) is 10.7. The average molecular weight is 314 g/mol. The number of anilines is 2. The number of nitrogens with one attached hydrogen (secondary N) is 4. The van der Waals surface area contributed by atoms with Gasteiger partial charge in [-0.15, -0.1) is 0 Å². The summed E-state index contributed by atoms with van der Waals surface area (Å²) in [5.74, 6) is -0.154. The maximum absolute atomic E-state index is 12.4. The molecule has 0 bridgehead atoms. The van der Waals surface area contributed by atoms with Gasteiger partial charge in [-0.05, 0) is 24.3 Å². The molecule has 0 radical (unpaired) electrons. The highest BCUT2D eigenvalue weighted by atomic mass is 19.4. The van der Waals surface area contributed by atoms with Crippen LogP contribution < -0.4 is 21.9 Å². The maximum Gasteiger partial charge on any atom is 0.416 e. The molecule has 0 aliphatic heterocycles. The zero-order chi connectivity index (χ0) is 16.3. The van der Waals surface area contributed by atoms with Crippen LogP contribution in [0.3, 0.4) is 0 Å². The number of hydrogen-bond acceptors (Lipinski definition) is 3. The number of aromatic amines is 2. The average Bonchev–Trinajstić information content (AvgIpc) is 2.36. The van der Waals surface area contributed by atoms with E-state index >= 15 is 0 Å². The molecule has 0 fully saturated rings. The normalized spacial score (nSPS) is 11.0. The van der Waals surface area contributed by atoms with Gasteiger partial charge in [0.2, 0.25) is 0 Å². The van der Waals surface area contributed by atoms with Crippen LogP contribution in [-0.4, -0.2) is 16.0 Å². The lowest BCUT2D eigenvalue weighted by Crippen LogP contribution is -2.26. The molecule has 7 nitrogen and oxygen atoms in total. The van der Waals surface area contributed by atoms with Crippen molar-refractivity contribution >= 4 is 17.5 Å². The molecule has 0 atom stereocenters. The van der Waals surface area contributed by atoms with Crippen LogP contribution in [0.4, 0.5) is 29.5 Å². The third-order valence-corrected chi connectivity index (χ3v) is 2.48. The van der Waals surface area contributed by atoms with Gasteiger partial charge >= 0.3 is 17.9 Å². The standard InChI is InChI=1S/C12H9F3N4O3/c13-12(14,15)6-1-3-7(4-2-6)16-10(21)17-8-5-9(20)19-11(22)18-8/h1-5H,(H4,16,17,18,19,20,21,22). The molecular weight excluding hydrogens is 305 g/mol. The Hall–Kier alpha value is -3.04. The van der Waals surface area contributed by atoms with Gasteiger partial charge in [0.15, 0.2) is 0 Å². The fraction of sp³-hybridized carbons (Fsp3) is 0.0833. The first-order valence-corrected chi connectivity index (χ1v) is 5.83. The van der Waals surface area contributed by atoms with Gasteiger partial charge in [-0.25, -0.2) is 9.59 Å². The molecule has 1 heterocycles. The Balaban J connectivity index is 2.06. The molecule has 0 unspecified atom stereocenters. The fourth-order valence-corrected chi connectivity index (χ4v) is 1.56. The van der Waals surface area contributed by atoms with Crippen LogP contribution >= 0.6 is 0 Å². The molecule has 4 N–H and O–H groups in total. The number of carbonyl (C=O) groups excluding carboxylic acids is 1. The van der Waals surface area contributed by atoms with Crippen LogP contribution in [0.25, 0.3) is 0 Å². The first-order chi connectivity index (χ1) is 10.2. The largest absolute Gasteiger partial charge is 0.416 e. The number of hydrogen-bond donors (Lipinski definition) is 4. The van der Waals surface area contributed by atoms with Crippen molar-refractivity contribution in [1.29, 1.82) is 0 Å². The molecule has 22 heavy (non-hydrogen) atoms. The third kappa shape index (κ3) is 3.98. The lowest BCUT2D eigenvalue weighted by molar-refractivity contribution is -0.137. The Morgan fingerprint density at radius 1 is 1.00 bits per heavy atom. The summed E-state index contributed by atoms with van der Waals surface area (Å²) in [7, 11) is 0. The van der Waals surface area contributed by atoms with E-state index in [0.29, 0.717) is 0 Å². The predicted molar refractivity (Wildman–Crippen MR) is 71.8 cm³/mol. The molecular formula is C12H9F3N4O3. The van der Waals surface area contributed by atoms with Crippen molar-refractivity contribution in [2.24, 2.45) is 0 Å². The number of rotatable bonds is 2. The second-order valence-electron chi connectivity index (χ2n) is 4.16. The third-order valence-electron chi connectivity index (χ3n) is 2.48. The predicted octanol–water partition coefficient (Wildman–Crippen LogP) is 1.73. The Labute approximate surface area is 120 Å². The highest BCUT2D eigenvalue weighted by Gasteiger charge is 2.29. The molecule has 0 spiro atoms. The van der Waals surface area contributed by atoms with Crippen LogP contribution in [0.15, 0.2) is 39.9 Å². The van der Waals surface area contributed by atoms with E-state index < -0.39 is 29.0 Å². The van der Waals surface area contributed by atoms with Crippen LogP contribution in [0.1, 0.15) is 5.56 Å². The number of aromatic nitrogens is 2. The van der Waals surface area contributed by atoms with Crippen molar-refractivity contribution in [2.45, 2.75) is 6.18 Å². The van der Waals surface area contributed by atoms with Gasteiger partial charge in [0.05, 0.1) is 5.56 Å². The van der Waals surface area contributed by atoms with Crippen molar-refractivity contribution in [3.8, 4) is 0 Å². The van der Waals surface area contributed by atoms with E-state index in [1.807, 2.05) is 4.98 Å². The smallest absolute Gasteiger partial charge is 0.308 e. The lowest BCUT2D eigenvalue weighted by atomic mass is 10.2. The SMILES string of the molecule is O=C(Nc1ccc(C(F)(F)F)cc1)Nc1cc(=O)[nH]c(=O)[nH]1. The van der Waals surface area contributed by atoms with Crippen molar-refractivity contribution in [1.82, 2.24) is 9.97 Å². The Bertz CT molecular complexity index is 764. The van der Waals surface area contributed by atoms with Gasteiger partial charge in [-0.3, -0.25) is 20.1 Å². The number of benzene rings is 1. The quantitative estimate of drug-likeness (QED) is 0.678. The second kappa shape index (κ2) is 5.76. The van der Waals surface area contributed by atoms with Crippen molar-refractivity contribution < 1.29 is 18.0 Å². The van der Waals surface area contributed by atoms with E-state index in [4.69, 9.17) is 0 Å². The number of halogens is 3. The number of carbonyl (C=O) groups is 1. The lowest BCUT2D eigenvalue weighted by Gasteiger charge is -2.09. The molecule has 2 amide bonds. The summed E-state index contributed by atoms with van der Waals surface area (Å²) in [5, 5.41) is 4.43. The van der Waals surface area contributed by atoms with Crippen LogP contribution in [0.5, 0.6) is 0 Å². The summed E-state index contributed by atoms with van der Waals surface area (Å²) in [6.45, 7) is 0. The highest BCUT2D eigenvalue weighted by Crippen LogP contribution is 2.29. The van der Waals surface area contributed by atoms with E-state index in [1.165, 1.54) is 0 Å². The summed E-state index contributed by atoms with van der Waals surface area (Å²) in [6.07, 6.45) is -4.47. The van der Waals surface area contributed by atoms with E-state index in [2.05, 4.69) is 15.6 Å². The Kier molecular flexibility index (Phi) is 4.02. The van der Waals surface area contributed by atoms with Gasteiger partial charge in [-0.2, -0.15) is 13.2 Å². The van der Waals surface area contributed by atoms with Crippen molar-refractivity contribution in [3.63, 3.8) is 0 Å². The summed E-state index contributed by atoms with van der Waals surface area (Å²) in [5.41, 5.74) is -2.26. The van der Waals surface area contributed by atoms with Gasteiger partial charge in [0.25, 0.3) is 5.56 Å². The number of alkyl halides is 3.